The van der Waals surface area contributed by atoms with Crippen LogP contribution in [0.3, 0.4) is 0 Å². The van der Waals surface area contributed by atoms with Crippen molar-refractivity contribution in [2.24, 2.45) is 0 Å². The number of rotatable bonds is 5. The Hall–Kier alpha value is -3.05. The highest BCUT2D eigenvalue weighted by Crippen LogP contribution is 2.44. The van der Waals surface area contributed by atoms with Crippen LogP contribution in [-0.4, -0.2) is 20.9 Å². The molecule has 5 rings (SSSR count). The predicted octanol–water partition coefficient (Wildman–Crippen LogP) is 5.15. The van der Waals surface area contributed by atoms with E-state index in [1.165, 1.54) is 0 Å². The van der Waals surface area contributed by atoms with Gasteiger partial charge in [-0.2, -0.15) is 0 Å². The molecule has 0 bridgehead atoms. The molecule has 5 heteroatoms. The zero-order chi connectivity index (χ0) is 21.8. The van der Waals surface area contributed by atoms with E-state index in [4.69, 9.17) is 0 Å². The van der Waals surface area contributed by atoms with E-state index in [2.05, 4.69) is 11.1 Å². The van der Waals surface area contributed by atoms with Crippen molar-refractivity contribution < 1.29 is 14.3 Å². The monoisotopic (exact) mass is 416 g/mol. The molecule has 2 heterocycles. The van der Waals surface area contributed by atoms with E-state index < -0.39 is 5.60 Å². The van der Waals surface area contributed by atoms with Crippen LogP contribution in [0, 0.1) is 5.82 Å². The fourth-order valence-electron chi connectivity index (χ4n) is 4.32. The van der Waals surface area contributed by atoms with E-state index in [1.54, 1.807) is 43.1 Å². The Balaban J connectivity index is 1.47. The first-order chi connectivity index (χ1) is 14.8. The number of hydrogen-bond donors (Lipinski definition) is 1. The second kappa shape index (κ2) is 7.27. The van der Waals surface area contributed by atoms with E-state index in [1.807, 2.05) is 24.3 Å². The highest BCUT2D eigenvalue weighted by atomic mass is 19.1. The molecule has 1 N–H and O–H groups in total. The normalized spacial score (nSPS) is 16.0. The molecule has 1 aliphatic carbocycles. The van der Waals surface area contributed by atoms with Gasteiger partial charge in [0.05, 0.1) is 23.4 Å². The molecular formula is C26H25FN2O2. The molecule has 158 valence electrons. The van der Waals surface area contributed by atoms with Crippen molar-refractivity contribution in [3.8, 4) is 11.1 Å². The first kappa shape index (κ1) is 19.9. The molecule has 1 saturated carbocycles. The third-order valence-corrected chi connectivity index (χ3v) is 6.27. The minimum absolute atomic E-state index is 0.0875. The third-order valence-electron chi connectivity index (χ3n) is 6.27. The van der Waals surface area contributed by atoms with Gasteiger partial charge in [-0.1, -0.05) is 30.3 Å². The van der Waals surface area contributed by atoms with E-state index >= 15 is 4.39 Å². The average molecular weight is 416 g/mol. The van der Waals surface area contributed by atoms with Crippen LogP contribution in [0.2, 0.25) is 0 Å². The molecule has 3 aromatic rings. The van der Waals surface area contributed by atoms with Crippen molar-refractivity contribution in [1.82, 2.24) is 9.88 Å². The number of carbonyl (C=O) groups excluding carboxylic acids is 1. The van der Waals surface area contributed by atoms with Gasteiger partial charge in [-0.15, -0.1) is 0 Å². The van der Waals surface area contributed by atoms with Crippen LogP contribution in [0.15, 0.2) is 54.7 Å². The van der Waals surface area contributed by atoms with Gasteiger partial charge in [0.25, 0.3) is 5.91 Å². The SMILES string of the molecule is CC(C)(O)c1ccc(-c2cc(F)c(CN3Cc4ncccc4C3=O)c(C3CC3)c2)cc1. The Morgan fingerprint density at radius 1 is 1.13 bits per heavy atom. The summed E-state index contributed by atoms with van der Waals surface area (Å²) in [7, 11) is 0. The minimum atomic E-state index is -0.915. The number of benzene rings is 2. The summed E-state index contributed by atoms with van der Waals surface area (Å²) in [5, 5.41) is 10.2. The Morgan fingerprint density at radius 3 is 2.52 bits per heavy atom. The number of carbonyl (C=O) groups is 1. The maximum absolute atomic E-state index is 15.4. The van der Waals surface area contributed by atoms with Gasteiger partial charge < -0.3 is 10.0 Å². The molecule has 2 aliphatic rings. The lowest BCUT2D eigenvalue weighted by Crippen LogP contribution is -2.24. The lowest BCUT2D eigenvalue weighted by Gasteiger charge is -2.20. The molecule has 31 heavy (non-hydrogen) atoms. The predicted molar refractivity (Wildman–Crippen MR) is 117 cm³/mol. The lowest BCUT2D eigenvalue weighted by molar-refractivity contribution is 0.0762. The molecule has 1 aromatic heterocycles. The highest BCUT2D eigenvalue weighted by molar-refractivity contribution is 5.97. The summed E-state index contributed by atoms with van der Waals surface area (Å²) >= 11 is 0. The lowest BCUT2D eigenvalue weighted by atomic mass is 9.93. The fourth-order valence-corrected chi connectivity index (χ4v) is 4.32. The van der Waals surface area contributed by atoms with Gasteiger partial charge in [0.1, 0.15) is 5.82 Å². The summed E-state index contributed by atoms with van der Waals surface area (Å²) in [5.74, 6) is -0.0171. The first-order valence-corrected chi connectivity index (χ1v) is 10.7. The van der Waals surface area contributed by atoms with E-state index in [9.17, 15) is 9.90 Å². The second-order valence-corrected chi connectivity index (χ2v) is 9.10. The van der Waals surface area contributed by atoms with Crippen molar-refractivity contribution in [3.63, 3.8) is 0 Å². The van der Waals surface area contributed by atoms with Gasteiger partial charge in [-0.05, 0) is 73.1 Å². The van der Waals surface area contributed by atoms with Crippen LogP contribution in [0.1, 0.15) is 65.3 Å². The quantitative estimate of drug-likeness (QED) is 0.626. The molecule has 1 aliphatic heterocycles. The van der Waals surface area contributed by atoms with Gasteiger partial charge in [-0.3, -0.25) is 9.78 Å². The Kier molecular flexibility index (Phi) is 4.67. The summed E-state index contributed by atoms with van der Waals surface area (Å²) in [5.41, 5.74) is 4.61. The topological polar surface area (TPSA) is 53.4 Å². The van der Waals surface area contributed by atoms with Gasteiger partial charge >= 0.3 is 0 Å². The van der Waals surface area contributed by atoms with E-state index in [-0.39, 0.29) is 18.3 Å². The molecular weight excluding hydrogens is 391 g/mol. The number of amides is 1. The fraction of sp³-hybridized carbons (Fsp3) is 0.308. The molecule has 0 radical (unpaired) electrons. The average Bonchev–Trinajstić information content (AvgIpc) is 3.54. The largest absolute Gasteiger partial charge is 0.386 e. The Labute approximate surface area is 181 Å². The first-order valence-electron chi connectivity index (χ1n) is 10.7. The van der Waals surface area contributed by atoms with Crippen molar-refractivity contribution >= 4 is 5.91 Å². The molecule has 0 atom stereocenters. The molecule has 0 spiro atoms. The molecule has 4 nitrogen and oxygen atoms in total. The van der Waals surface area contributed by atoms with Crippen LogP contribution < -0.4 is 0 Å². The number of nitrogens with zero attached hydrogens (tertiary/aromatic N) is 2. The summed E-state index contributed by atoms with van der Waals surface area (Å²) in [6.07, 6.45) is 3.77. The van der Waals surface area contributed by atoms with Crippen molar-refractivity contribution in [2.75, 3.05) is 0 Å². The van der Waals surface area contributed by atoms with E-state index in [0.29, 0.717) is 23.6 Å². The van der Waals surface area contributed by atoms with Crippen LogP contribution in [0.25, 0.3) is 11.1 Å². The summed E-state index contributed by atoms with van der Waals surface area (Å²) in [6, 6.07) is 14.8. The smallest absolute Gasteiger partial charge is 0.256 e. The molecule has 2 aromatic carbocycles. The number of hydrogen-bond acceptors (Lipinski definition) is 3. The maximum Gasteiger partial charge on any atom is 0.256 e. The summed E-state index contributed by atoms with van der Waals surface area (Å²) in [6.45, 7) is 4.16. The number of pyridine rings is 1. The number of fused-ring (bicyclic) bond motifs is 1. The Bertz CT molecular complexity index is 1160. The minimum Gasteiger partial charge on any atom is -0.386 e. The van der Waals surface area contributed by atoms with E-state index in [0.717, 1.165) is 40.8 Å². The molecule has 0 unspecified atom stereocenters. The van der Waals surface area contributed by atoms with Gasteiger partial charge in [0.15, 0.2) is 0 Å². The van der Waals surface area contributed by atoms with Crippen LogP contribution in [0.5, 0.6) is 0 Å². The van der Waals surface area contributed by atoms with Crippen molar-refractivity contribution in [3.05, 3.63) is 88.5 Å². The summed E-state index contributed by atoms with van der Waals surface area (Å²) < 4.78 is 15.4. The zero-order valence-corrected chi connectivity index (χ0v) is 17.7. The molecule has 1 amide bonds. The number of aromatic nitrogens is 1. The number of halogens is 1. The number of aliphatic hydroxyl groups is 1. The van der Waals surface area contributed by atoms with Gasteiger partial charge in [0.2, 0.25) is 0 Å². The third kappa shape index (κ3) is 3.74. The maximum atomic E-state index is 15.4. The zero-order valence-electron chi connectivity index (χ0n) is 17.7. The molecule has 0 saturated heterocycles. The van der Waals surface area contributed by atoms with Gasteiger partial charge in [0, 0.05) is 18.3 Å². The van der Waals surface area contributed by atoms with Gasteiger partial charge in [-0.25, -0.2) is 4.39 Å². The Morgan fingerprint density at radius 2 is 1.87 bits per heavy atom. The second-order valence-electron chi connectivity index (χ2n) is 9.10. The van der Waals surface area contributed by atoms with Crippen LogP contribution in [-0.2, 0) is 18.7 Å². The van der Waals surface area contributed by atoms with Crippen LogP contribution >= 0.6 is 0 Å². The standard InChI is InChI=1S/C26H25FN2O2/c1-26(2,31)19-9-7-16(8-10-19)18-12-21(17-5-6-17)22(23(27)13-18)14-29-15-24-20(25(29)30)4-3-11-28-24/h3-4,7-13,17,31H,5-6,14-15H2,1-2H3. The van der Waals surface area contributed by atoms with Crippen molar-refractivity contribution in [1.29, 1.82) is 0 Å². The molecule has 1 fully saturated rings. The summed E-state index contributed by atoms with van der Waals surface area (Å²) in [4.78, 5) is 18.7. The van der Waals surface area contributed by atoms with Crippen LogP contribution in [0.4, 0.5) is 4.39 Å². The highest BCUT2D eigenvalue weighted by Gasteiger charge is 2.33. The van der Waals surface area contributed by atoms with Crippen molar-refractivity contribution in [2.45, 2.75) is 51.3 Å².